The Kier molecular flexibility index (Phi) is 11.4. The molecule has 0 N–H and O–H groups in total. The molecule has 0 spiro atoms. The second-order valence-corrected chi connectivity index (χ2v) is 10.3. The van der Waals surface area contributed by atoms with Crippen LogP contribution in [0.25, 0.3) is 0 Å². The number of rotatable bonds is 12. The first-order chi connectivity index (χ1) is 22.9. The van der Waals surface area contributed by atoms with Crippen molar-refractivity contribution in [3.63, 3.8) is 0 Å². The second kappa shape index (κ2) is 16.3. The predicted octanol–water partition coefficient (Wildman–Crippen LogP) is 4.23. The van der Waals surface area contributed by atoms with Gasteiger partial charge in [0, 0.05) is 0 Å². The number of benzene rings is 4. The van der Waals surface area contributed by atoms with E-state index in [0.717, 1.165) is 0 Å². The van der Waals surface area contributed by atoms with Crippen LogP contribution < -0.4 is 0 Å². The molecule has 5 rings (SSSR count). The van der Waals surface area contributed by atoms with E-state index in [1.54, 1.807) is 121 Å². The summed E-state index contributed by atoms with van der Waals surface area (Å²) in [6.45, 7) is -0.658. The molecular weight excluding hydrogens is 603 g/mol. The summed E-state index contributed by atoms with van der Waals surface area (Å²) in [7, 11) is 5.63. The third-order valence-corrected chi connectivity index (χ3v) is 7.10. The Hall–Kier alpha value is -5.39. The standard InChI is InChI=1S/C36H30BO10/c37-21-22-42-31-30(46-34(40)26-17-9-3-10-18-26)29(45-33(39)25-15-7-2-8-16-25)28(23-43-32(38)24-13-5-1-6-14-24)44-36(31)47-35(41)27-19-11-4-12-20-27/h1-21,28-31,36H,22-23H2. The molecule has 1 aliphatic rings. The summed E-state index contributed by atoms with van der Waals surface area (Å²) in [5.41, 5.74) is 0.870. The van der Waals surface area contributed by atoms with Gasteiger partial charge in [-0.1, -0.05) is 18.2 Å². The minimum absolute atomic E-state index is 0.181. The van der Waals surface area contributed by atoms with Gasteiger partial charge in [0.2, 0.25) is 0 Å². The van der Waals surface area contributed by atoms with Crippen molar-refractivity contribution >= 4 is 37.3 Å². The number of ether oxygens (including phenoxy) is 6. The molecule has 11 heteroatoms. The Bertz CT molecular complexity index is 1650. The molecule has 1 fully saturated rings. The fraction of sp³-hybridized carbons (Fsp3) is 0.194. The van der Waals surface area contributed by atoms with E-state index in [1.165, 1.54) is 5.97 Å². The summed E-state index contributed by atoms with van der Waals surface area (Å²) < 4.78 is 35.3. The van der Waals surface area contributed by atoms with Crippen LogP contribution in [0.1, 0.15) is 41.4 Å². The van der Waals surface area contributed by atoms with Gasteiger partial charge >= 0.3 is 254 Å². The van der Waals surface area contributed by atoms with Gasteiger partial charge in [-0.15, -0.1) is 0 Å². The molecular formula is C36H30BO10. The summed E-state index contributed by atoms with van der Waals surface area (Å²) >= 11 is 0. The molecule has 5 atom stereocenters. The van der Waals surface area contributed by atoms with Crippen LogP contribution in [-0.2, 0) is 28.4 Å². The Morgan fingerprint density at radius 1 is 0.553 bits per heavy atom. The third kappa shape index (κ3) is 8.66. The van der Waals surface area contributed by atoms with Crippen molar-refractivity contribution in [2.24, 2.45) is 0 Å². The average Bonchev–Trinajstić information content (AvgIpc) is 3.12. The van der Waals surface area contributed by atoms with Crippen molar-refractivity contribution < 1.29 is 47.6 Å². The molecule has 1 heterocycles. The number of hydrogen-bond acceptors (Lipinski definition) is 10. The molecule has 0 saturated carbocycles. The zero-order valence-corrected chi connectivity index (χ0v) is 25.1. The first-order valence-electron chi connectivity index (χ1n) is 14.8. The van der Waals surface area contributed by atoms with E-state index in [2.05, 4.69) is 0 Å². The average molecular weight is 633 g/mol. The van der Waals surface area contributed by atoms with Crippen LogP contribution in [0, 0.1) is 0 Å². The van der Waals surface area contributed by atoms with Gasteiger partial charge in [0.05, 0.1) is 0 Å². The Morgan fingerprint density at radius 2 is 0.957 bits per heavy atom. The van der Waals surface area contributed by atoms with E-state index in [9.17, 15) is 19.2 Å². The number of hydrogen-bond donors (Lipinski definition) is 0. The summed E-state index contributed by atoms with van der Waals surface area (Å²) in [6, 6.07) is 32.6. The van der Waals surface area contributed by atoms with E-state index in [4.69, 9.17) is 35.9 Å². The number of carbonyl (C=O) groups is 4. The predicted molar refractivity (Wildman–Crippen MR) is 170 cm³/mol. The summed E-state index contributed by atoms with van der Waals surface area (Å²) in [6.07, 6.45) is -7.00. The van der Waals surface area contributed by atoms with Crippen molar-refractivity contribution in [2.45, 2.75) is 30.7 Å². The molecule has 1 radical (unpaired) electrons. The van der Waals surface area contributed by atoms with E-state index < -0.39 is 61.2 Å². The van der Waals surface area contributed by atoms with Gasteiger partial charge in [0.1, 0.15) is 0 Å². The van der Waals surface area contributed by atoms with Gasteiger partial charge in [-0.05, 0) is 0 Å². The maximum atomic E-state index is 13.5. The van der Waals surface area contributed by atoms with Crippen LogP contribution in [0.4, 0.5) is 0 Å². The summed E-state index contributed by atoms with van der Waals surface area (Å²) in [5.74, 6) is -1.81. The molecule has 0 bridgehead atoms. The van der Waals surface area contributed by atoms with Crippen molar-refractivity contribution in [2.75, 3.05) is 13.2 Å². The zero-order chi connectivity index (χ0) is 33.0. The van der Waals surface area contributed by atoms with Crippen LogP contribution >= 0.6 is 0 Å². The quantitative estimate of drug-likeness (QED) is 0.127. The fourth-order valence-electron chi connectivity index (χ4n) is 4.82. The Morgan fingerprint density at radius 3 is 1.40 bits per heavy atom. The molecule has 5 unspecified atom stereocenters. The van der Waals surface area contributed by atoms with Gasteiger partial charge in [-0.2, -0.15) is 0 Å². The van der Waals surface area contributed by atoms with E-state index in [1.807, 2.05) is 0 Å². The molecule has 47 heavy (non-hydrogen) atoms. The van der Waals surface area contributed by atoms with Gasteiger partial charge in [0.15, 0.2) is 0 Å². The third-order valence-electron chi connectivity index (χ3n) is 7.10. The molecule has 0 aromatic heterocycles. The van der Waals surface area contributed by atoms with Gasteiger partial charge in [0.25, 0.3) is 0 Å². The molecule has 0 amide bonds. The van der Waals surface area contributed by atoms with Crippen LogP contribution in [0.15, 0.2) is 121 Å². The normalized spacial score (nSPS) is 20.3. The molecule has 1 aliphatic heterocycles. The minimum atomic E-state index is -1.52. The fourth-order valence-corrected chi connectivity index (χ4v) is 4.82. The van der Waals surface area contributed by atoms with E-state index in [-0.39, 0.29) is 28.9 Å². The first-order valence-corrected chi connectivity index (χ1v) is 14.8. The number of esters is 4. The molecule has 0 aliphatic carbocycles. The van der Waals surface area contributed by atoms with Crippen LogP contribution in [-0.4, -0.2) is 81.3 Å². The second-order valence-electron chi connectivity index (χ2n) is 10.3. The van der Waals surface area contributed by atoms with Crippen molar-refractivity contribution in [3.8, 4) is 0 Å². The summed E-state index contributed by atoms with van der Waals surface area (Å²) in [4.78, 5) is 53.0. The molecule has 1 saturated heterocycles. The topological polar surface area (TPSA) is 124 Å². The molecule has 4 aromatic carbocycles. The molecule has 4 aromatic rings. The van der Waals surface area contributed by atoms with Gasteiger partial charge in [-0.3, -0.25) is 0 Å². The van der Waals surface area contributed by atoms with Gasteiger partial charge < -0.3 is 0 Å². The van der Waals surface area contributed by atoms with Crippen molar-refractivity contribution in [3.05, 3.63) is 144 Å². The van der Waals surface area contributed by atoms with Gasteiger partial charge in [-0.25, -0.2) is 0 Å². The maximum absolute atomic E-state index is 13.5. The van der Waals surface area contributed by atoms with Crippen LogP contribution in [0.2, 0.25) is 0 Å². The number of carbonyl (C=O) groups excluding carboxylic acids is 4. The van der Waals surface area contributed by atoms with E-state index >= 15 is 0 Å². The molecule has 237 valence electrons. The van der Waals surface area contributed by atoms with Crippen molar-refractivity contribution in [1.82, 2.24) is 0 Å². The van der Waals surface area contributed by atoms with E-state index in [0.29, 0.717) is 0 Å². The Labute approximate surface area is 272 Å². The first kappa shape index (κ1) is 33.0. The monoisotopic (exact) mass is 633 g/mol. The van der Waals surface area contributed by atoms with Crippen molar-refractivity contribution in [1.29, 1.82) is 0 Å². The SMILES string of the molecule is [B]=CCOC1C(OC(=O)c2ccccc2)OC(COC(=O)c2ccccc2)C(OC(=O)c2ccccc2)C1OC(=O)c1ccccc1. The zero-order valence-electron chi connectivity index (χ0n) is 25.1. The van der Waals surface area contributed by atoms with Crippen LogP contribution in [0.3, 0.4) is 0 Å². The Balaban J connectivity index is 1.52. The summed E-state index contributed by atoms with van der Waals surface area (Å²) in [5, 5.41) is 0. The van der Waals surface area contributed by atoms with Crippen LogP contribution in [0.5, 0.6) is 0 Å². The molecule has 10 nitrogen and oxygen atoms in total.